The molecule has 0 aliphatic carbocycles. The maximum atomic E-state index is 11.2. The van der Waals surface area contributed by atoms with Crippen molar-refractivity contribution in [2.24, 2.45) is 5.10 Å². The number of nitrogens with zero attached hydrogens (tertiary/aromatic N) is 2. The first-order valence-electron chi connectivity index (χ1n) is 5.23. The molecular weight excluding hydrogens is 188 g/mol. The van der Waals surface area contributed by atoms with Crippen LogP contribution in [0.25, 0.3) is 0 Å². The first kappa shape index (κ1) is 9.90. The summed E-state index contributed by atoms with van der Waals surface area (Å²) in [6, 6.07) is 10.3. The van der Waals surface area contributed by atoms with Gasteiger partial charge < -0.3 is 0 Å². The Labute approximate surface area is 89.4 Å². The molecule has 3 heteroatoms. The van der Waals surface area contributed by atoms with Gasteiger partial charge in [-0.05, 0) is 18.4 Å². The summed E-state index contributed by atoms with van der Waals surface area (Å²) in [5, 5.41) is 5.57. The minimum Gasteiger partial charge on any atom is -0.273 e. The average molecular weight is 202 g/mol. The second-order valence-corrected chi connectivity index (χ2v) is 3.61. The van der Waals surface area contributed by atoms with Gasteiger partial charge in [0.05, 0.1) is 6.42 Å². The van der Waals surface area contributed by atoms with Crippen molar-refractivity contribution < 1.29 is 4.79 Å². The zero-order valence-electron chi connectivity index (χ0n) is 8.60. The average Bonchev–Trinajstić information content (AvgIpc) is 2.66. The summed E-state index contributed by atoms with van der Waals surface area (Å²) in [4.78, 5) is 11.2. The van der Waals surface area contributed by atoms with Crippen molar-refractivity contribution in [3.8, 4) is 0 Å². The Hall–Kier alpha value is -1.64. The lowest BCUT2D eigenvalue weighted by atomic mass is 10.1. The van der Waals surface area contributed by atoms with Crippen LogP contribution >= 0.6 is 0 Å². The van der Waals surface area contributed by atoms with Gasteiger partial charge in [-0.1, -0.05) is 30.3 Å². The summed E-state index contributed by atoms with van der Waals surface area (Å²) in [5.74, 6) is 0.114. The van der Waals surface area contributed by atoms with E-state index in [2.05, 4.69) is 17.2 Å². The molecule has 1 amide bonds. The predicted molar refractivity (Wildman–Crippen MR) is 59.6 cm³/mol. The monoisotopic (exact) mass is 202 g/mol. The molecule has 0 bridgehead atoms. The van der Waals surface area contributed by atoms with Crippen LogP contribution in [0.5, 0.6) is 0 Å². The van der Waals surface area contributed by atoms with E-state index < -0.39 is 0 Å². The second-order valence-electron chi connectivity index (χ2n) is 3.61. The molecule has 0 saturated heterocycles. The highest BCUT2D eigenvalue weighted by Gasteiger charge is 2.15. The van der Waals surface area contributed by atoms with E-state index in [4.69, 9.17) is 0 Å². The number of rotatable bonds is 4. The molecule has 0 N–H and O–H groups in total. The lowest BCUT2D eigenvalue weighted by molar-refractivity contribution is -0.128. The van der Waals surface area contributed by atoms with E-state index >= 15 is 0 Å². The van der Waals surface area contributed by atoms with Gasteiger partial charge in [0.1, 0.15) is 0 Å². The van der Waals surface area contributed by atoms with Crippen molar-refractivity contribution in [2.75, 3.05) is 6.54 Å². The number of hydrazone groups is 1. The van der Waals surface area contributed by atoms with Crippen molar-refractivity contribution in [2.45, 2.75) is 19.3 Å². The largest absolute Gasteiger partial charge is 0.273 e. The molecule has 0 radical (unpaired) electrons. The third kappa shape index (κ3) is 2.65. The molecule has 3 nitrogen and oxygen atoms in total. The number of benzene rings is 1. The molecule has 2 rings (SSSR count). The van der Waals surface area contributed by atoms with Gasteiger partial charge in [0, 0.05) is 12.8 Å². The molecule has 78 valence electrons. The number of carbonyl (C=O) groups is 1. The molecule has 1 heterocycles. The molecule has 1 aliphatic heterocycles. The van der Waals surface area contributed by atoms with Gasteiger partial charge in [0.2, 0.25) is 5.91 Å². The highest BCUT2D eigenvalue weighted by molar-refractivity contribution is 5.93. The van der Waals surface area contributed by atoms with Crippen molar-refractivity contribution in [1.29, 1.82) is 0 Å². The quantitative estimate of drug-likeness (QED) is 0.733. The number of carbonyl (C=O) groups excluding carboxylic acids is 1. The van der Waals surface area contributed by atoms with Gasteiger partial charge in [0.15, 0.2) is 0 Å². The Balaban J connectivity index is 1.76. The van der Waals surface area contributed by atoms with Crippen LogP contribution in [-0.2, 0) is 11.2 Å². The van der Waals surface area contributed by atoms with Gasteiger partial charge in [-0.3, -0.25) is 4.79 Å². The summed E-state index contributed by atoms with van der Waals surface area (Å²) >= 11 is 0. The molecule has 0 spiro atoms. The van der Waals surface area contributed by atoms with Gasteiger partial charge in [-0.15, -0.1) is 0 Å². The topological polar surface area (TPSA) is 32.7 Å². The SMILES string of the molecule is O=C1CC=NN1CCCc1ccccc1. The fourth-order valence-corrected chi connectivity index (χ4v) is 1.65. The molecule has 0 saturated carbocycles. The highest BCUT2D eigenvalue weighted by atomic mass is 16.2. The van der Waals surface area contributed by atoms with Gasteiger partial charge >= 0.3 is 0 Å². The first-order valence-corrected chi connectivity index (χ1v) is 5.23. The van der Waals surface area contributed by atoms with E-state index in [1.165, 1.54) is 5.56 Å². The smallest absolute Gasteiger partial charge is 0.248 e. The Bertz CT molecular complexity index is 359. The minimum atomic E-state index is 0.114. The lowest BCUT2D eigenvalue weighted by Crippen LogP contribution is -2.22. The molecule has 1 aliphatic rings. The molecule has 0 unspecified atom stereocenters. The number of hydrogen-bond donors (Lipinski definition) is 0. The van der Waals surface area contributed by atoms with E-state index in [1.54, 1.807) is 11.2 Å². The first-order chi connectivity index (χ1) is 7.36. The van der Waals surface area contributed by atoms with E-state index in [0.717, 1.165) is 19.4 Å². The molecule has 0 atom stereocenters. The normalized spacial score (nSPS) is 14.9. The maximum Gasteiger partial charge on any atom is 0.248 e. The van der Waals surface area contributed by atoms with Crippen LogP contribution in [0.15, 0.2) is 35.4 Å². The fourth-order valence-electron chi connectivity index (χ4n) is 1.65. The Morgan fingerprint density at radius 2 is 2.07 bits per heavy atom. The van der Waals surface area contributed by atoms with Crippen molar-refractivity contribution in [3.05, 3.63) is 35.9 Å². The zero-order valence-corrected chi connectivity index (χ0v) is 8.60. The van der Waals surface area contributed by atoms with Gasteiger partial charge in [0.25, 0.3) is 0 Å². The summed E-state index contributed by atoms with van der Waals surface area (Å²) in [6.45, 7) is 0.726. The lowest BCUT2D eigenvalue weighted by Gasteiger charge is -2.11. The van der Waals surface area contributed by atoms with Crippen molar-refractivity contribution >= 4 is 12.1 Å². The summed E-state index contributed by atoms with van der Waals surface area (Å²) in [6.07, 6.45) is 4.10. The van der Waals surface area contributed by atoms with Crippen molar-refractivity contribution in [1.82, 2.24) is 5.01 Å². The third-order valence-electron chi connectivity index (χ3n) is 2.45. The molecule has 1 aromatic carbocycles. The maximum absolute atomic E-state index is 11.2. The fraction of sp³-hybridized carbons (Fsp3) is 0.333. The highest BCUT2D eigenvalue weighted by Crippen LogP contribution is 2.07. The molecular formula is C12H14N2O. The van der Waals surface area contributed by atoms with E-state index in [0.29, 0.717) is 6.42 Å². The van der Waals surface area contributed by atoms with Crippen LogP contribution in [0.2, 0.25) is 0 Å². The van der Waals surface area contributed by atoms with Gasteiger partial charge in [-0.2, -0.15) is 5.10 Å². The number of aryl methyl sites for hydroxylation is 1. The molecule has 15 heavy (non-hydrogen) atoms. The second kappa shape index (κ2) is 4.73. The van der Waals surface area contributed by atoms with Crippen LogP contribution in [0.3, 0.4) is 0 Å². The standard InChI is InChI=1S/C12H14N2O/c15-12-8-9-13-14(12)10-4-7-11-5-2-1-3-6-11/h1-3,5-6,9H,4,7-8,10H2. The van der Waals surface area contributed by atoms with Crippen molar-refractivity contribution in [3.63, 3.8) is 0 Å². The Kier molecular flexibility index (Phi) is 3.12. The van der Waals surface area contributed by atoms with Crippen LogP contribution < -0.4 is 0 Å². The molecule has 0 fully saturated rings. The van der Waals surface area contributed by atoms with E-state index in [-0.39, 0.29) is 5.91 Å². The van der Waals surface area contributed by atoms with Crippen LogP contribution in [0, 0.1) is 0 Å². The number of hydrogen-bond acceptors (Lipinski definition) is 2. The molecule has 1 aromatic rings. The zero-order chi connectivity index (χ0) is 10.5. The third-order valence-corrected chi connectivity index (χ3v) is 2.45. The summed E-state index contributed by atoms with van der Waals surface area (Å²) < 4.78 is 0. The van der Waals surface area contributed by atoms with Gasteiger partial charge in [-0.25, -0.2) is 5.01 Å². The Morgan fingerprint density at radius 3 is 2.73 bits per heavy atom. The van der Waals surface area contributed by atoms with Crippen LogP contribution in [0.1, 0.15) is 18.4 Å². The van der Waals surface area contributed by atoms with Crippen LogP contribution in [-0.4, -0.2) is 23.7 Å². The molecule has 0 aromatic heterocycles. The Morgan fingerprint density at radius 1 is 1.27 bits per heavy atom. The number of amides is 1. The predicted octanol–water partition coefficient (Wildman–Crippen LogP) is 1.84. The van der Waals surface area contributed by atoms with E-state index in [1.807, 2.05) is 18.2 Å². The summed E-state index contributed by atoms with van der Waals surface area (Å²) in [7, 11) is 0. The van der Waals surface area contributed by atoms with Crippen LogP contribution in [0.4, 0.5) is 0 Å². The summed E-state index contributed by atoms with van der Waals surface area (Å²) in [5.41, 5.74) is 1.31. The minimum absolute atomic E-state index is 0.114. The van der Waals surface area contributed by atoms with E-state index in [9.17, 15) is 4.79 Å².